The number of aryl methyl sites for hydroxylation is 3. The van der Waals surface area contributed by atoms with Gasteiger partial charge in [-0.15, -0.1) is 11.3 Å². The van der Waals surface area contributed by atoms with Crippen molar-refractivity contribution in [1.29, 1.82) is 0 Å². The number of nitrogens with one attached hydrogen (secondary N) is 3. The van der Waals surface area contributed by atoms with Crippen LogP contribution in [0.4, 0.5) is 10.3 Å². The van der Waals surface area contributed by atoms with E-state index in [1.54, 1.807) is 37.4 Å². The molecule has 0 saturated carbocycles. The summed E-state index contributed by atoms with van der Waals surface area (Å²) in [5, 5.41) is 28.7. The maximum atomic E-state index is 13.2. The second kappa shape index (κ2) is 12.1. The van der Waals surface area contributed by atoms with Crippen molar-refractivity contribution in [3.05, 3.63) is 68.9 Å². The molecule has 0 aliphatic carbocycles. The molecule has 5 N–H and O–H groups in total. The van der Waals surface area contributed by atoms with Crippen LogP contribution in [0.2, 0.25) is 0 Å². The molecule has 2 amide bonds. The molecule has 3 rings (SSSR count). The molecular formula is C24H26FN5O5S. The Morgan fingerprint density at radius 2 is 1.83 bits per heavy atom. The number of anilines is 1. The number of hydrogen-bond donors (Lipinski definition) is 5. The van der Waals surface area contributed by atoms with E-state index in [4.69, 9.17) is 0 Å². The fourth-order valence-corrected chi connectivity index (χ4v) is 4.09. The van der Waals surface area contributed by atoms with Crippen molar-refractivity contribution in [2.45, 2.75) is 32.7 Å². The number of aliphatic carboxylic acids is 1. The molecule has 1 atom stereocenters. The number of thiophene rings is 1. The lowest BCUT2D eigenvalue weighted by Gasteiger charge is -2.17. The lowest BCUT2D eigenvalue weighted by atomic mass is 10.1. The average molecular weight is 516 g/mol. The number of nitrogens with zero attached hydrogens (tertiary/aromatic N) is 2. The Morgan fingerprint density at radius 3 is 2.44 bits per heavy atom. The van der Waals surface area contributed by atoms with Crippen molar-refractivity contribution in [3.8, 4) is 5.75 Å². The SMILES string of the molecule is Cc1nc(NCCCc2ccc(F)c(O)c2)nc(C)c1C(=O)NC(CNC(=O)c1cccs1)C(=O)O. The average Bonchev–Trinajstić information content (AvgIpc) is 3.36. The van der Waals surface area contributed by atoms with E-state index in [2.05, 4.69) is 25.9 Å². The molecule has 1 aromatic carbocycles. The lowest BCUT2D eigenvalue weighted by Crippen LogP contribution is -2.48. The maximum Gasteiger partial charge on any atom is 0.328 e. The summed E-state index contributed by atoms with van der Waals surface area (Å²) in [7, 11) is 0. The number of rotatable bonds is 11. The molecule has 190 valence electrons. The van der Waals surface area contributed by atoms with Gasteiger partial charge >= 0.3 is 5.97 Å². The number of carbonyl (C=O) groups excluding carboxylic acids is 2. The molecule has 2 aromatic heterocycles. The van der Waals surface area contributed by atoms with Crippen molar-refractivity contribution in [1.82, 2.24) is 20.6 Å². The second-order valence-corrected chi connectivity index (χ2v) is 8.91. The van der Waals surface area contributed by atoms with Crippen LogP contribution in [0.1, 0.15) is 43.4 Å². The highest BCUT2D eigenvalue weighted by atomic mass is 32.1. The summed E-state index contributed by atoms with van der Waals surface area (Å²) >= 11 is 1.22. The summed E-state index contributed by atoms with van der Waals surface area (Å²) in [6.07, 6.45) is 1.26. The van der Waals surface area contributed by atoms with Gasteiger partial charge in [0.2, 0.25) is 5.95 Å². The first-order valence-corrected chi connectivity index (χ1v) is 12.0. The molecule has 12 heteroatoms. The Kier molecular flexibility index (Phi) is 8.90. The minimum atomic E-state index is -1.34. The topological polar surface area (TPSA) is 154 Å². The molecule has 0 fully saturated rings. The van der Waals surface area contributed by atoms with Crippen molar-refractivity contribution in [2.24, 2.45) is 0 Å². The Bertz CT molecular complexity index is 1230. The minimum Gasteiger partial charge on any atom is -0.505 e. The van der Waals surface area contributed by atoms with Crippen LogP contribution in [-0.4, -0.2) is 57.1 Å². The molecule has 0 radical (unpaired) electrons. The van der Waals surface area contributed by atoms with Gasteiger partial charge in [-0.1, -0.05) is 12.1 Å². The van der Waals surface area contributed by atoms with Crippen LogP contribution in [0.5, 0.6) is 5.75 Å². The lowest BCUT2D eigenvalue weighted by molar-refractivity contribution is -0.139. The third kappa shape index (κ3) is 6.98. The smallest absolute Gasteiger partial charge is 0.328 e. The number of phenols is 1. The van der Waals surface area contributed by atoms with Crippen LogP contribution in [0, 0.1) is 19.7 Å². The number of hydrogen-bond acceptors (Lipinski definition) is 8. The molecule has 0 aliphatic heterocycles. The highest BCUT2D eigenvalue weighted by Gasteiger charge is 2.24. The van der Waals surface area contributed by atoms with Gasteiger partial charge in [-0.25, -0.2) is 19.2 Å². The van der Waals surface area contributed by atoms with Gasteiger partial charge < -0.3 is 26.2 Å². The van der Waals surface area contributed by atoms with E-state index < -0.39 is 29.6 Å². The quantitative estimate of drug-likeness (QED) is 0.244. The van der Waals surface area contributed by atoms with Gasteiger partial charge in [0.15, 0.2) is 11.6 Å². The summed E-state index contributed by atoms with van der Waals surface area (Å²) in [5.74, 6) is -3.13. The van der Waals surface area contributed by atoms with E-state index in [0.717, 1.165) is 5.56 Å². The molecule has 36 heavy (non-hydrogen) atoms. The third-order valence-corrected chi connectivity index (χ3v) is 6.12. The number of halogens is 1. The van der Waals surface area contributed by atoms with E-state index in [0.29, 0.717) is 41.6 Å². The molecule has 0 saturated heterocycles. The second-order valence-electron chi connectivity index (χ2n) is 7.96. The first-order chi connectivity index (χ1) is 17.2. The van der Waals surface area contributed by atoms with Crippen molar-refractivity contribution >= 4 is 35.1 Å². The Balaban J connectivity index is 1.56. The summed E-state index contributed by atoms with van der Waals surface area (Å²) in [5.41, 5.74) is 1.66. The number of aromatic nitrogens is 2. The predicted molar refractivity (Wildman–Crippen MR) is 132 cm³/mol. The van der Waals surface area contributed by atoms with Gasteiger partial charge in [0, 0.05) is 13.1 Å². The Morgan fingerprint density at radius 1 is 1.11 bits per heavy atom. The van der Waals surface area contributed by atoms with Crippen molar-refractivity contribution < 1.29 is 29.0 Å². The zero-order valence-electron chi connectivity index (χ0n) is 19.7. The fraction of sp³-hybridized carbons (Fsp3) is 0.292. The molecule has 1 unspecified atom stereocenters. The molecule has 3 aromatic rings. The van der Waals surface area contributed by atoms with Gasteiger partial charge in [-0.2, -0.15) is 0 Å². The van der Waals surface area contributed by atoms with Crippen LogP contribution in [-0.2, 0) is 11.2 Å². The third-order valence-electron chi connectivity index (χ3n) is 5.25. The fourth-order valence-electron chi connectivity index (χ4n) is 3.45. The number of amides is 2. The number of aromatic hydroxyl groups is 1. The van der Waals surface area contributed by atoms with E-state index in [9.17, 15) is 29.0 Å². The zero-order chi connectivity index (χ0) is 26.2. The van der Waals surface area contributed by atoms with Gasteiger partial charge in [-0.3, -0.25) is 9.59 Å². The number of carboxylic acids is 1. The molecule has 0 bridgehead atoms. The van der Waals surface area contributed by atoms with Gasteiger partial charge in [0.05, 0.1) is 21.8 Å². The predicted octanol–water partition coefficient (Wildman–Crippen LogP) is 2.66. The molecule has 0 spiro atoms. The summed E-state index contributed by atoms with van der Waals surface area (Å²) < 4.78 is 13.2. The first kappa shape index (κ1) is 26.5. The Hall–Kier alpha value is -4.06. The highest BCUT2D eigenvalue weighted by Crippen LogP contribution is 2.18. The van der Waals surface area contributed by atoms with Crippen LogP contribution >= 0.6 is 11.3 Å². The molecule has 2 heterocycles. The minimum absolute atomic E-state index is 0.151. The van der Waals surface area contributed by atoms with E-state index in [-0.39, 0.29) is 17.9 Å². The number of carbonyl (C=O) groups is 3. The summed E-state index contributed by atoms with van der Waals surface area (Å²) in [6.45, 7) is 3.44. The zero-order valence-corrected chi connectivity index (χ0v) is 20.5. The van der Waals surface area contributed by atoms with Crippen LogP contribution in [0.3, 0.4) is 0 Å². The van der Waals surface area contributed by atoms with Crippen LogP contribution in [0.25, 0.3) is 0 Å². The normalized spacial score (nSPS) is 11.5. The van der Waals surface area contributed by atoms with Gasteiger partial charge in [0.1, 0.15) is 6.04 Å². The largest absolute Gasteiger partial charge is 0.505 e. The number of phenolic OH excluding ortho intramolecular Hbond substituents is 1. The van der Waals surface area contributed by atoms with Gasteiger partial charge in [-0.05, 0) is 55.8 Å². The van der Waals surface area contributed by atoms with Gasteiger partial charge in [0.25, 0.3) is 11.8 Å². The monoisotopic (exact) mass is 515 g/mol. The summed E-state index contributed by atoms with van der Waals surface area (Å²) in [6, 6.07) is 6.17. The molecular weight excluding hydrogens is 489 g/mol. The van der Waals surface area contributed by atoms with Crippen molar-refractivity contribution in [2.75, 3.05) is 18.4 Å². The summed E-state index contributed by atoms with van der Waals surface area (Å²) in [4.78, 5) is 45.6. The van der Waals surface area contributed by atoms with E-state index in [1.165, 1.54) is 23.5 Å². The maximum absolute atomic E-state index is 13.2. The van der Waals surface area contributed by atoms with E-state index >= 15 is 0 Å². The van der Waals surface area contributed by atoms with Crippen LogP contribution in [0.15, 0.2) is 35.7 Å². The molecule has 10 nitrogen and oxygen atoms in total. The number of carboxylic acid groups (broad SMARTS) is 1. The first-order valence-electron chi connectivity index (χ1n) is 11.1. The van der Waals surface area contributed by atoms with Crippen molar-refractivity contribution in [3.63, 3.8) is 0 Å². The van der Waals surface area contributed by atoms with E-state index in [1.807, 2.05) is 0 Å². The number of benzene rings is 1. The Labute approximate surface area is 210 Å². The standard InChI is InChI=1S/C24H26FN5O5S/c1-13-20(22(33)30-17(23(34)35)12-27-21(32)19-6-4-10-36-19)14(2)29-24(28-13)26-9-3-5-15-7-8-16(25)18(31)11-15/h4,6-8,10-11,17,31H,3,5,9,12H2,1-2H3,(H,27,32)(H,30,33)(H,34,35)(H,26,28,29). The highest BCUT2D eigenvalue weighted by molar-refractivity contribution is 7.12. The molecule has 0 aliphatic rings. The van der Waals surface area contributed by atoms with Crippen LogP contribution < -0.4 is 16.0 Å².